The molecule has 6 nitrogen and oxygen atoms in total. The minimum Gasteiger partial charge on any atom is -0.497 e. The van der Waals surface area contributed by atoms with Crippen LogP contribution in [0.15, 0.2) is 60.7 Å². The standard InChI is InChI=1S/C26H28FN3O3/c1-18(19-3-4-21-16-24(33-2)10-5-20(21)15-19)26(32)30-13-11-29(12-14-30)17-25(31)28-23-8-6-22(27)7-9-23/h3-10,15-16,18H,11-14,17H2,1-2H3,(H,28,31)/t18-/m0/s1. The van der Waals surface area contributed by atoms with Crippen LogP contribution >= 0.6 is 0 Å². The zero-order chi connectivity index (χ0) is 23.4. The van der Waals surface area contributed by atoms with Crippen molar-refractivity contribution in [3.63, 3.8) is 0 Å². The molecule has 0 saturated carbocycles. The van der Waals surface area contributed by atoms with Crippen LogP contribution in [0.4, 0.5) is 10.1 Å². The number of nitrogens with one attached hydrogen (secondary N) is 1. The molecular weight excluding hydrogens is 421 g/mol. The van der Waals surface area contributed by atoms with Gasteiger partial charge in [0.1, 0.15) is 11.6 Å². The summed E-state index contributed by atoms with van der Waals surface area (Å²) < 4.78 is 18.3. The van der Waals surface area contributed by atoms with Crippen molar-refractivity contribution in [3.05, 3.63) is 72.0 Å². The largest absolute Gasteiger partial charge is 0.497 e. The Morgan fingerprint density at radius 2 is 1.64 bits per heavy atom. The van der Waals surface area contributed by atoms with Crippen molar-refractivity contribution in [2.45, 2.75) is 12.8 Å². The first-order valence-corrected chi connectivity index (χ1v) is 11.1. The van der Waals surface area contributed by atoms with Gasteiger partial charge >= 0.3 is 0 Å². The van der Waals surface area contributed by atoms with Crippen LogP contribution in [-0.2, 0) is 9.59 Å². The third-order valence-corrected chi connectivity index (χ3v) is 6.12. The van der Waals surface area contributed by atoms with E-state index in [1.807, 2.05) is 47.1 Å². The number of amides is 2. The molecule has 0 unspecified atom stereocenters. The van der Waals surface area contributed by atoms with Crippen LogP contribution in [0.25, 0.3) is 10.8 Å². The van der Waals surface area contributed by atoms with Crippen LogP contribution in [0.2, 0.25) is 0 Å². The highest BCUT2D eigenvalue weighted by Gasteiger charge is 2.26. The van der Waals surface area contributed by atoms with Crippen LogP contribution in [0.3, 0.4) is 0 Å². The fraction of sp³-hybridized carbons (Fsp3) is 0.308. The van der Waals surface area contributed by atoms with Crippen molar-refractivity contribution in [3.8, 4) is 5.75 Å². The molecule has 33 heavy (non-hydrogen) atoms. The van der Waals surface area contributed by atoms with Gasteiger partial charge < -0.3 is 15.0 Å². The van der Waals surface area contributed by atoms with Gasteiger partial charge in [-0.25, -0.2) is 4.39 Å². The molecule has 7 heteroatoms. The molecule has 1 fully saturated rings. The fourth-order valence-electron chi connectivity index (χ4n) is 4.12. The van der Waals surface area contributed by atoms with E-state index in [0.29, 0.717) is 31.9 Å². The van der Waals surface area contributed by atoms with Gasteiger partial charge in [0.2, 0.25) is 11.8 Å². The fourth-order valence-corrected chi connectivity index (χ4v) is 4.12. The maximum Gasteiger partial charge on any atom is 0.238 e. The average Bonchev–Trinajstić information content (AvgIpc) is 2.84. The summed E-state index contributed by atoms with van der Waals surface area (Å²) in [6.07, 6.45) is 0. The van der Waals surface area contributed by atoms with Gasteiger partial charge in [-0.2, -0.15) is 0 Å². The van der Waals surface area contributed by atoms with Gasteiger partial charge in [0, 0.05) is 31.9 Å². The van der Waals surface area contributed by atoms with Crippen molar-refractivity contribution < 1.29 is 18.7 Å². The Morgan fingerprint density at radius 3 is 2.33 bits per heavy atom. The summed E-state index contributed by atoms with van der Waals surface area (Å²) in [7, 11) is 1.65. The lowest BCUT2D eigenvalue weighted by atomic mass is 9.96. The molecule has 1 N–H and O–H groups in total. The Morgan fingerprint density at radius 1 is 0.970 bits per heavy atom. The molecule has 0 aliphatic carbocycles. The van der Waals surface area contributed by atoms with E-state index in [4.69, 9.17) is 4.74 Å². The second-order valence-electron chi connectivity index (χ2n) is 8.35. The molecule has 1 aliphatic heterocycles. The van der Waals surface area contributed by atoms with Gasteiger partial charge in [-0.15, -0.1) is 0 Å². The van der Waals surface area contributed by atoms with Crippen molar-refractivity contribution in [1.29, 1.82) is 0 Å². The Hall–Kier alpha value is -3.45. The molecule has 0 spiro atoms. The minimum absolute atomic E-state index is 0.0956. The van der Waals surface area contributed by atoms with Crippen molar-refractivity contribution in [2.75, 3.05) is 45.2 Å². The molecule has 1 saturated heterocycles. The van der Waals surface area contributed by atoms with Gasteiger partial charge in [0.25, 0.3) is 0 Å². The summed E-state index contributed by atoms with van der Waals surface area (Å²) in [5, 5.41) is 4.92. The Balaban J connectivity index is 1.30. The SMILES string of the molecule is COc1ccc2cc([C@H](C)C(=O)N3CCN(CC(=O)Nc4ccc(F)cc4)CC3)ccc2c1. The molecular formula is C26H28FN3O3. The number of hydrogen-bond acceptors (Lipinski definition) is 4. The quantitative estimate of drug-likeness (QED) is 0.621. The second-order valence-corrected chi connectivity index (χ2v) is 8.35. The normalized spacial score (nSPS) is 15.3. The zero-order valence-corrected chi connectivity index (χ0v) is 18.9. The van der Waals surface area contributed by atoms with Crippen molar-refractivity contribution in [2.24, 2.45) is 0 Å². The molecule has 2 amide bonds. The molecule has 0 bridgehead atoms. The highest BCUT2D eigenvalue weighted by molar-refractivity contribution is 5.92. The van der Waals surface area contributed by atoms with E-state index in [2.05, 4.69) is 11.4 Å². The highest BCUT2D eigenvalue weighted by atomic mass is 19.1. The summed E-state index contributed by atoms with van der Waals surface area (Å²) in [5.74, 6) is 0.168. The summed E-state index contributed by atoms with van der Waals surface area (Å²) in [4.78, 5) is 29.3. The molecule has 3 aromatic carbocycles. The van der Waals surface area contributed by atoms with Gasteiger partial charge in [0.15, 0.2) is 0 Å². The van der Waals surface area contributed by atoms with E-state index in [-0.39, 0.29) is 30.1 Å². The molecule has 1 aliphatic rings. The molecule has 0 aromatic heterocycles. The number of halogens is 1. The third-order valence-electron chi connectivity index (χ3n) is 6.12. The summed E-state index contributed by atoms with van der Waals surface area (Å²) in [6, 6.07) is 17.7. The maximum atomic E-state index is 13.1. The van der Waals surface area contributed by atoms with E-state index in [1.165, 1.54) is 24.3 Å². The van der Waals surface area contributed by atoms with Gasteiger partial charge in [0.05, 0.1) is 19.6 Å². The smallest absolute Gasteiger partial charge is 0.238 e. The number of benzene rings is 3. The number of fused-ring (bicyclic) bond motifs is 1. The lowest BCUT2D eigenvalue weighted by Gasteiger charge is -2.35. The number of rotatable bonds is 6. The van der Waals surface area contributed by atoms with E-state index < -0.39 is 0 Å². The monoisotopic (exact) mass is 449 g/mol. The number of nitrogens with zero attached hydrogens (tertiary/aromatic N) is 2. The summed E-state index contributed by atoms with van der Waals surface area (Å²) in [6.45, 7) is 4.60. The number of piperazine rings is 1. The topological polar surface area (TPSA) is 61.9 Å². The predicted octanol–water partition coefficient (Wildman–Crippen LogP) is 3.87. The van der Waals surface area contributed by atoms with Crippen LogP contribution in [0.1, 0.15) is 18.4 Å². The third kappa shape index (κ3) is 5.49. The first-order valence-electron chi connectivity index (χ1n) is 11.1. The number of ether oxygens (including phenoxy) is 1. The van der Waals surface area contributed by atoms with Gasteiger partial charge in [-0.3, -0.25) is 14.5 Å². The molecule has 1 heterocycles. The number of carbonyl (C=O) groups is 2. The highest BCUT2D eigenvalue weighted by Crippen LogP contribution is 2.26. The second kappa shape index (κ2) is 10.0. The molecule has 1 atom stereocenters. The van der Waals surface area contributed by atoms with Gasteiger partial charge in [-0.05, 0) is 59.7 Å². The van der Waals surface area contributed by atoms with Crippen LogP contribution < -0.4 is 10.1 Å². The first-order chi connectivity index (χ1) is 15.9. The molecule has 3 aromatic rings. The number of methoxy groups -OCH3 is 1. The number of hydrogen-bond donors (Lipinski definition) is 1. The van der Waals surface area contributed by atoms with E-state index in [1.54, 1.807) is 7.11 Å². The lowest BCUT2D eigenvalue weighted by molar-refractivity contribution is -0.134. The molecule has 172 valence electrons. The van der Waals surface area contributed by atoms with Crippen LogP contribution in [-0.4, -0.2) is 61.4 Å². The summed E-state index contributed by atoms with van der Waals surface area (Å²) in [5.41, 5.74) is 1.55. The van der Waals surface area contributed by atoms with Crippen molar-refractivity contribution in [1.82, 2.24) is 9.80 Å². The average molecular weight is 450 g/mol. The molecule has 0 radical (unpaired) electrons. The maximum absolute atomic E-state index is 13.1. The summed E-state index contributed by atoms with van der Waals surface area (Å²) >= 11 is 0. The Bertz CT molecular complexity index is 1140. The Labute approximate surface area is 192 Å². The number of carbonyl (C=O) groups excluding carboxylic acids is 2. The van der Waals surface area contributed by atoms with Crippen molar-refractivity contribution >= 4 is 28.3 Å². The van der Waals surface area contributed by atoms with E-state index in [9.17, 15) is 14.0 Å². The predicted molar refractivity (Wildman–Crippen MR) is 127 cm³/mol. The van der Waals surface area contributed by atoms with Gasteiger partial charge in [-0.1, -0.05) is 24.3 Å². The molecule has 4 rings (SSSR count). The minimum atomic E-state index is -0.341. The first kappa shape index (κ1) is 22.7. The lowest BCUT2D eigenvalue weighted by Crippen LogP contribution is -2.51. The van der Waals surface area contributed by atoms with Crippen LogP contribution in [0, 0.1) is 5.82 Å². The number of anilines is 1. The zero-order valence-electron chi connectivity index (χ0n) is 18.9. The van der Waals surface area contributed by atoms with Crippen LogP contribution in [0.5, 0.6) is 5.75 Å². The Kier molecular flexibility index (Phi) is 6.89. The van der Waals surface area contributed by atoms with E-state index in [0.717, 1.165) is 22.1 Å². The van der Waals surface area contributed by atoms with E-state index >= 15 is 0 Å².